The fourth-order valence-electron chi connectivity index (χ4n) is 2.37. The van der Waals surface area contributed by atoms with Gasteiger partial charge >= 0.3 is 0 Å². The van der Waals surface area contributed by atoms with Crippen molar-refractivity contribution in [1.29, 1.82) is 0 Å². The normalized spacial score (nSPS) is 11.9. The molecular weight excluding hydrogens is 352 g/mol. The topological polar surface area (TPSA) is 66.9 Å². The van der Waals surface area contributed by atoms with Crippen molar-refractivity contribution in [2.24, 2.45) is 0 Å². The van der Waals surface area contributed by atoms with Gasteiger partial charge in [0.25, 0.3) is 0 Å². The molecule has 0 bridgehead atoms. The minimum Gasteiger partial charge on any atom is -0.360 e. The van der Waals surface area contributed by atoms with Crippen LogP contribution >= 0.6 is 23.1 Å². The molecule has 2 N–H and O–H groups in total. The number of thioether (sulfide) groups is 1. The van der Waals surface area contributed by atoms with E-state index in [0.717, 1.165) is 47.3 Å². The molecule has 0 radical (unpaired) electrons. The standard InChI is InChI=1S/C18H26N4OS2/c1-3-5-12-19-17-21-22-18(25-17)24-13-16(23)20-15(9-4-2)14-10-7-6-8-11-14/h6-8,10-11,15H,3-5,9,12-13H2,1-2H3,(H,19,21)(H,20,23). The van der Waals surface area contributed by atoms with Gasteiger partial charge in [-0.3, -0.25) is 4.79 Å². The fourth-order valence-corrected chi connectivity index (χ4v) is 3.96. The van der Waals surface area contributed by atoms with Gasteiger partial charge in [0.05, 0.1) is 11.8 Å². The van der Waals surface area contributed by atoms with Gasteiger partial charge in [-0.2, -0.15) is 0 Å². The average Bonchev–Trinajstić information content (AvgIpc) is 3.08. The van der Waals surface area contributed by atoms with Crippen molar-refractivity contribution in [2.75, 3.05) is 17.6 Å². The van der Waals surface area contributed by atoms with Crippen molar-refractivity contribution in [1.82, 2.24) is 15.5 Å². The quantitative estimate of drug-likeness (QED) is 0.445. The summed E-state index contributed by atoms with van der Waals surface area (Å²) in [5.74, 6) is 0.388. The summed E-state index contributed by atoms with van der Waals surface area (Å²) < 4.78 is 0.820. The number of carbonyl (C=O) groups is 1. The Morgan fingerprint density at radius 3 is 2.72 bits per heavy atom. The van der Waals surface area contributed by atoms with Gasteiger partial charge in [-0.15, -0.1) is 10.2 Å². The number of aromatic nitrogens is 2. The molecule has 1 aromatic carbocycles. The zero-order chi connectivity index (χ0) is 17.9. The molecule has 5 nitrogen and oxygen atoms in total. The maximum absolute atomic E-state index is 12.3. The zero-order valence-electron chi connectivity index (χ0n) is 14.8. The molecule has 0 aliphatic carbocycles. The van der Waals surface area contributed by atoms with Crippen LogP contribution in [0.2, 0.25) is 0 Å². The summed E-state index contributed by atoms with van der Waals surface area (Å²) >= 11 is 2.94. The highest BCUT2D eigenvalue weighted by atomic mass is 32.2. The van der Waals surface area contributed by atoms with Gasteiger partial charge in [-0.1, -0.05) is 80.1 Å². The van der Waals surface area contributed by atoms with Gasteiger partial charge in [0.1, 0.15) is 0 Å². The molecule has 0 aliphatic heterocycles. The second-order valence-corrected chi connectivity index (χ2v) is 7.96. The predicted molar refractivity (Wildman–Crippen MR) is 106 cm³/mol. The molecule has 2 aromatic rings. The van der Waals surface area contributed by atoms with Crippen molar-refractivity contribution in [3.63, 3.8) is 0 Å². The Morgan fingerprint density at radius 1 is 1.20 bits per heavy atom. The molecule has 0 aliphatic rings. The van der Waals surface area contributed by atoms with Crippen LogP contribution in [0, 0.1) is 0 Å². The van der Waals surface area contributed by atoms with Gasteiger partial charge < -0.3 is 10.6 Å². The molecule has 1 unspecified atom stereocenters. The van der Waals surface area contributed by atoms with Crippen LogP contribution in [0.5, 0.6) is 0 Å². The van der Waals surface area contributed by atoms with Crippen LogP contribution < -0.4 is 10.6 Å². The Hall–Kier alpha value is -1.60. The van der Waals surface area contributed by atoms with Gasteiger partial charge in [0, 0.05) is 6.54 Å². The molecule has 0 saturated heterocycles. The molecule has 7 heteroatoms. The van der Waals surface area contributed by atoms with E-state index < -0.39 is 0 Å². The van der Waals surface area contributed by atoms with E-state index in [1.807, 2.05) is 18.2 Å². The van der Waals surface area contributed by atoms with E-state index >= 15 is 0 Å². The predicted octanol–water partition coefficient (Wildman–Crippen LogP) is 4.50. The summed E-state index contributed by atoms with van der Waals surface area (Å²) in [5.41, 5.74) is 1.15. The largest absolute Gasteiger partial charge is 0.360 e. The van der Waals surface area contributed by atoms with Gasteiger partial charge in [-0.05, 0) is 18.4 Å². The summed E-state index contributed by atoms with van der Waals surface area (Å²) in [5, 5.41) is 15.5. The highest BCUT2D eigenvalue weighted by Crippen LogP contribution is 2.26. The Balaban J connectivity index is 1.81. The fraction of sp³-hybridized carbons (Fsp3) is 0.500. The lowest BCUT2D eigenvalue weighted by Gasteiger charge is -2.18. The maximum atomic E-state index is 12.3. The smallest absolute Gasteiger partial charge is 0.230 e. The number of hydrogen-bond donors (Lipinski definition) is 2. The van der Waals surface area contributed by atoms with E-state index in [9.17, 15) is 4.79 Å². The molecule has 25 heavy (non-hydrogen) atoms. The van der Waals surface area contributed by atoms with E-state index in [2.05, 4.69) is 46.8 Å². The summed E-state index contributed by atoms with van der Waals surface area (Å²) in [7, 11) is 0. The number of amides is 1. The molecule has 1 heterocycles. The second kappa shape index (κ2) is 11.1. The highest BCUT2D eigenvalue weighted by Gasteiger charge is 2.14. The minimum absolute atomic E-state index is 0.0306. The molecule has 2 rings (SSSR count). The van der Waals surface area contributed by atoms with Crippen molar-refractivity contribution >= 4 is 34.1 Å². The third-order valence-corrected chi connectivity index (χ3v) is 5.67. The first-order valence-corrected chi connectivity index (χ1v) is 10.6. The number of anilines is 1. The minimum atomic E-state index is 0.0306. The summed E-state index contributed by atoms with van der Waals surface area (Å²) in [6, 6.07) is 10.2. The number of nitrogens with zero attached hydrogens (tertiary/aromatic N) is 2. The number of carbonyl (C=O) groups excluding carboxylic acids is 1. The molecular formula is C18H26N4OS2. The molecule has 0 saturated carbocycles. The van der Waals surface area contributed by atoms with Crippen molar-refractivity contribution in [3.05, 3.63) is 35.9 Å². The van der Waals surface area contributed by atoms with E-state index in [1.165, 1.54) is 23.1 Å². The van der Waals surface area contributed by atoms with E-state index in [0.29, 0.717) is 5.75 Å². The summed E-state index contributed by atoms with van der Waals surface area (Å²) in [6.07, 6.45) is 4.22. The Bertz CT molecular complexity index is 633. The lowest BCUT2D eigenvalue weighted by molar-refractivity contribution is -0.119. The van der Waals surface area contributed by atoms with E-state index in [1.54, 1.807) is 0 Å². The Labute approximate surface area is 158 Å². The Kier molecular flexibility index (Phi) is 8.76. The van der Waals surface area contributed by atoms with Gasteiger partial charge in [0.2, 0.25) is 11.0 Å². The summed E-state index contributed by atoms with van der Waals surface area (Å²) in [6.45, 7) is 5.19. The summed E-state index contributed by atoms with van der Waals surface area (Å²) in [4.78, 5) is 12.3. The molecule has 136 valence electrons. The second-order valence-electron chi connectivity index (χ2n) is 5.76. The van der Waals surface area contributed by atoms with E-state index in [4.69, 9.17) is 0 Å². The molecule has 1 amide bonds. The van der Waals surface area contributed by atoms with Crippen LogP contribution in [0.1, 0.15) is 51.1 Å². The number of nitrogens with one attached hydrogen (secondary N) is 2. The first-order valence-electron chi connectivity index (χ1n) is 8.77. The Morgan fingerprint density at radius 2 is 2.00 bits per heavy atom. The average molecular weight is 379 g/mol. The van der Waals surface area contributed by atoms with Gasteiger partial charge in [0.15, 0.2) is 4.34 Å². The van der Waals surface area contributed by atoms with Crippen LogP contribution in [0.4, 0.5) is 5.13 Å². The molecule has 1 atom stereocenters. The number of benzene rings is 1. The van der Waals surface area contributed by atoms with Crippen LogP contribution in [0.15, 0.2) is 34.7 Å². The number of rotatable bonds is 11. The molecule has 1 aromatic heterocycles. The van der Waals surface area contributed by atoms with Crippen LogP contribution in [0.25, 0.3) is 0 Å². The SMILES string of the molecule is CCCCNc1nnc(SCC(=O)NC(CCC)c2ccccc2)s1. The van der Waals surface area contributed by atoms with Crippen molar-refractivity contribution in [2.45, 2.75) is 49.9 Å². The molecule has 0 spiro atoms. The first kappa shape index (κ1) is 19.7. The number of unbranched alkanes of at least 4 members (excludes halogenated alkanes) is 1. The monoisotopic (exact) mass is 378 g/mol. The van der Waals surface area contributed by atoms with E-state index in [-0.39, 0.29) is 11.9 Å². The van der Waals surface area contributed by atoms with Crippen molar-refractivity contribution < 1.29 is 4.79 Å². The van der Waals surface area contributed by atoms with Crippen LogP contribution in [-0.4, -0.2) is 28.4 Å². The third-order valence-electron chi connectivity index (χ3n) is 3.65. The van der Waals surface area contributed by atoms with Crippen LogP contribution in [-0.2, 0) is 4.79 Å². The first-order chi connectivity index (χ1) is 12.2. The zero-order valence-corrected chi connectivity index (χ0v) is 16.5. The van der Waals surface area contributed by atoms with Crippen LogP contribution in [0.3, 0.4) is 0 Å². The highest BCUT2D eigenvalue weighted by molar-refractivity contribution is 8.01. The molecule has 0 fully saturated rings. The van der Waals surface area contributed by atoms with Gasteiger partial charge in [-0.25, -0.2) is 0 Å². The maximum Gasteiger partial charge on any atom is 0.230 e. The lowest BCUT2D eigenvalue weighted by atomic mass is 10.0. The third kappa shape index (κ3) is 7.04. The number of hydrogen-bond acceptors (Lipinski definition) is 6. The van der Waals surface area contributed by atoms with Crippen molar-refractivity contribution in [3.8, 4) is 0 Å². The lowest BCUT2D eigenvalue weighted by Crippen LogP contribution is -2.29.